The van der Waals surface area contributed by atoms with Gasteiger partial charge in [-0.25, -0.2) is 0 Å². The van der Waals surface area contributed by atoms with Crippen molar-refractivity contribution in [3.63, 3.8) is 0 Å². The topological polar surface area (TPSA) is 15.3 Å². The molecule has 2 heteroatoms. The summed E-state index contributed by atoms with van der Waals surface area (Å²) in [6.07, 6.45) is 10.1. The molecule has 1 aliphatic carbocycles. The molecule has 2 aromatic carbocycles. The third kappa shape index (κ3) is 4.12. The van der Waals surface area contributed by atoms with Crippen molar-refractivity contribution in [1.29, 1.82) is 0 Å². The lowest BCUT2D eigenvalue weighted by Crippen LogP contribution is -2.37. The molecular weight excluding hydrogens is 472 g/mol. The van der Waals surface area contributed by atoms with Crippen molar-refractivity contribution >= 4 is 11.4 Å². The Hall–Kier alpha value is -2.74. The van der Waals surface area contributed by atoms with Crippen LogP contribution in [0.25, 0.3) is 0 Å². The Balaban J connectivity index is 1.48. The molecule has 3 heterocycles. The fourth-order valence-electron chi connectivity index (χ4n) is 8.25. The van der Waals surface area contributed by atoms with E-state index in [9.17, 15) is 0 Å². The molecule has 3 aliphatic heterocycles. The lowest BCUT2D eigenvalue weighted by molar-refractivity contribution is 0.362. The molecule has 2 nitrogen and oxygen atoms in total. The van der Waals surface area contributed by atoms with Crippen LogP contribution < -0.4 is 10.2 Å². The molecule has 4 aliphatic rings. The van der Waals surface area contributed by atoms with Crippen molar-refractivity contribution in [2.45, 2.75) is 85.0 Å². The van der Waals surface area contributed by atoms with Gasteiger partial charge < -0.3 is 10.2 Å². The highest BCUT2D eigenvalue weighted by Crippen LogP contribution is 2.56. The highest BCUT2D eigenvalue weighted by atomic mass is 15.2. The molecule has 0 spiro atoms. The fraction of sp³-hybridized carbons (Fsp3) is 0.514. The van der Waals surface area contributed by atoms with Gasteiger partial charge in [-0.3, -0.25) is 0 Å². The zero-order valence-corrected chi connectivity index (χ0v) is 25.3. The highest BCUT2D eigenvalue weighted by Gasteiger charge is 2.47. The van der Waals surface area contributed by atoms with E-state index in [1.165, 1.54) is 35.3 Å². The van der Waals surface area contributed by atoms with Gasteiger partial charge in [0.05, 0.1) is 0 Å². The number of nitrogens with one attached hydrogen (secondary N) is 1. The van der Waals surface area contributed by atoms with Crippen molar-refractivity contribution in [1.82, 2.24) is 0 Å². The maximum Gasteiger partial charge on any atom is 0.0450 e. The molecule has 0 aromatic heterocycles. The smallest absolute Gasteiger partial charge is 0.0450 e. The number of hydrogen-bond acceptors (Lipinski definition) is 2. The first-order valence-corrected chi connectivity index (χ1v) is 15.5. The van der Waals surface area contributed by atoms with Gasteiger partial charge in [-0.1, -0.05) is 95.7 Å². The molecule has 0 radical (unpaired) electrons. The molecule has 4 unspecified atom stereocenters. The van der Waals surface area contributed by atoms with Gasteiger partial charge in [0.25, 0.3) is 0 Å². The van der Waals surface area contributed by atoms with E-state index in [-0.39, 0.29) is 10.8 Å². The quantitative estimate of drug-likeness (QED) is 0.424. The minimum Gasteiger partial charge on any atom is -0.385 e. The van der Waals surface area contributed by atoms with Gasteiger partial charge in [0.2, 0.25) is 0 Å². The number of rotatable bonds is 2. The third-order valence-electron chi connectivity index (χ3n) is 11.2. The Bertz CT molecular complexity index is 1360. The lowest BCUT2D eigenvalue weighted by atomic mass is 9.66. The highest BCUT2D eigenvalue weighted by molar-refractivity contribution is 5.73. The molecule has 0 saturated carbocycles. The van der Waals surface area contributed by atoms with E-state index in [1.807, 2.05) is 0 Å². The van der Waals surface area contributed by atoms with Crippen molar-refractivity contribution in [3.8, 4) is 0 Å². The summed E-state index contributed by atoms with van der Waals surface area (Å²) in [5.74, 6) is 2.27. The van der Waals surface area contributed by atoms with Gasteiger partial charge in [-0.05, 0) is 96.1 Å². The van der Waals surface area contributed by atoms with Crippen molar-refractivity contribution in [3.05, 3.63) is 94.2 Å². The summed E-state index contributed by atoms with van der Waals surface area (Å²) in [7, 11) is 0. The SMILES string of the molecule is CCC1(C)C2=C3C=C(/C=C4\C(C)CCNc5ccccc5C(C)(C)C4C)C(C)C[C@H]3CCN2c2ccccc21. The molecular formula is C37H48N2. The second-order valence-electron chi connectivity index (χ2n) is 13.7. The molecule has 0 amide bonds. The van der Waals surface area contributed by atoms with Crippen molar-refractivity contribution < 1.29 is 0 Å². The van der Waals surface area contributed by atoms with Crippen LogP contribution in [0.3, 0.4) is 0 Å². The zero-order chi connectivity index (χ0) is 27.5. The van der Waals surface area contributed by atoms with E-state index in [2.05, 4.69) is 119 Å². The van der Waals surface area contributed by atoms with Crippen LogP contribution in [0.5, 0.6) is 0 Å². The van der Waals surface area contributed by atoms with Crippen LogP contribution >= 0.6 is 0 Å². The Morgan fingerprint density at radius 2 is 1.64 bits per heavy atom. The van der Waals surface area contributed by atoms with Gasteiger partial charge in [-0.2, -0.15) is 0 Å². The average Bonchev–Trinajstić information content (AvgIpc) is 3.21. The second-order valence-corrected chi connectivity index (χ2v) is 13.7. The van der Waals surface area contributed by atoms with E-state index in [0.717, 1.165) is 25.9 Å². The predicted octanol–water partition coefficient (Wildman–Crippen LogP) is 9.41. The monoisotopic (exact) mass is 520 g/mol. The van der Waals surface area contributed by atoms with Gasteiger partial charge in [-0.15, -0.1) is 0 Å². The number of fused-ring (bicyclic) bond motifs is 5. The summed E-state index contributed by atoms with van der Waals surface area (Å²) in [4.78, 5) is 2.68. The van der Waals surface area contributed by atoms with Crippen LogP contribution in [0, 0.1) is 23.7 Å². The maximum atomic E-state index is 3.78. The summed E-state index contributed by atoms with van der Waals surface area (Å²) in [6, 6.07) is 18.2. The molecule has 2 aromatic rings. The van der Waals surface area contributed by atoms with Crippen LogP contribution in [0.15, 0.2) is 83.1 Å². The summed E-state index contributed by atoms with van der Waals surface area (Å²) in [6.45, 7) is 19.4. The Morgan fingerprint density at radius 3 is 2.41 bits per heavy atom. The molecule has 39 heavy (non-hydrogen) atoms. The molecule has 5 atom stereocenters. The van der Waals surface area contributed by atoms with Crippen molar-refractivity contribution in [2.24, 2.45) is 23.7 Å². The summed E-state index contributed by atoms with van der Waals surface area (Å²) >= 11 is 0. The molecule has 206 valence electrons. The Labute approximate surface area is 237 Å². The third-order valence-corrected chi connectivity index (χ3v) is 11.2. The number of benzene rings is 2. The van der Waals surface area contributed by atoms with E-state index >= 15 is 0 Å². The second kappa shape index (κ2) is 9.72. The minimum absolute atomic E-state index is 0.0481. The first kappa shape index (κ1) is 26.5. The first-order valence-electron chi connectivity index (χ1n) is 15.5. The molecule has 0 saturated heterocycles. The summed E-state index contributed by atoms with van der Waals surface area (Å²) < 4.78 is 0. The van der Waals surface area contributed by atoms with Gasteiger partial charge in [0.1, 0.15) is 0 Å². The zero-order valence-electron chi connectivity index (χ0n) is 25.3. The number of anilines is 2. The van der Waals surface area contributed by atoms with Crippen LogP contribution in [-0.4, -0.2) is 13.1 Å². The standard InChI is InChI=1S/C37H48N2/c1-8-37(7)32-14-10-12-16-34(32)39-20-18-27-21-25(3)28(23-30(27)35(37)39)22-29-24(2)17-19-38-33-15-11-9-13-31(33)36(5,6)26(29)4/h9-16,22-27,38H,8,17-21H2,1-7H3/b29-22+/t24?,25?,26?,27-,37?/m1/s1. The van der Waals surface area contributed by atoms with Gasteiger partial charge in [0.15, 0.2) is 0 Å². The first-order chi connectivity index (χ1) is 18.7. The minimum atomic E-state index is 0.0481. The molecule has 1 N–H and O–H groups in total. The number of para-hydroxylation sites is 2. The van der Waals surface area contributed by atoms with Crippen LogP contribution in [0.2, 0.25) is 0 Å². The van der Waals surface area contributed by atoms with Crippen LogP contribution in [-0.2, 0) is 10.8 Å². The normalized spacial score (nSPS) is 32.6. The number of hydrogen-bond donors (Lipinski definition) is 1. The molecule has 0 bridgehead atoms. The largest absolute Gasteiger partial charge is 0.385 e. The fourth-order valence-corrected chi connectivity index (χ4v) is 8.25. The number of allylic oxidation sites excluding steroid dienone is 6. The lowest BCUT2D eigenvalue weighted by Gasteiger charge is -2.42. The van der Waals surface area contributed by atoms with Crippen LogP contribution in [0.4, 0.5) is 11.4 Å². The van der Waals surface area contributed by atoms with Crippen LogP contribution in [0.1, 0.15) is 85.3 Å². The molecule has 6 rings (SSSR count). The number of nitrogens with zero attached hydrogens (tertiary/aromatic N) is 1. The van der Waals surface area contributed by atoms with E-state index in [1.54, 1.807) is 22.4 Å². The summed E-state index contributed by atoms with van der Waals surface area (Å²) in [5.41, 5.74) is 12.3. The van der Waals surface area contributed by atoms with Crippen molar-refractivity contribution in [2.75, 3.05) is 23.3 Å². The predicted molar refractivity (Wildman–Crippen MR) is 167 cm³/mol. The van der Waals surface area contributed by atoms with E-state index in [0.29, 0.717) is 23.7 Å². The Morgan fingerprint density at radius 1 is 0.923 bits per heavy atom. The Kier molecular flexibility index (Phi) is 6.60. The maximum absolute atomic E-state index is 3.78. The van der Waals surface area contributed by atoms with E-state index in [4.69, 9.17) is 0 Å². The van der Waals surface area contributed by atoms with Gasteiger partial charge in [0, 0.05) is 35.6 Å². The summed E-state index contributed by atoms with van der Waals surface area (Å²) in [5, 5.41) is 3.78. The van der Waals surface area contributed by atoms with E-state index < -0.39 is 0 Å². The average molecular weight is 521 g/mol. The molecule has 0 fully saturated rings. The van der Waals surface area contributed by atoms with Gasteiger partial charge >= 0.3 is 0 Å².